The maximum atomic E-state index is 13.1. The number of nitrogens with zero attached hydrogens (tertiary/aromatic N) is 2. The summed E-state index contributed by atoms with van der Waals surface area (Å²) in [6.45, 7) is 0.779. The van der Waals surface area contributed by atoms with E-state index in [1.807, 2.05) is 42.5 Å². The minimum absolute atomic E-state index is 0.144. The molecule has 8 nitrogen and oxygen atoms in total. The Balaban J connectivity index is 1.27. The number of hydrogen-bond acceptors (Lipinski definition) is 9. The van der Waals surface area contributed by atoms with Gasteiger partial charge in [0, 0.05) is 12.1 Å². The highest BCUT2D eigenvalue weighted by Crippen LogP contribution is 2.37. The predicted octanol–water partition coefficient (Wildman–Crippen LogP) is 5.92. The number of thiazole rings is 1. The molecule has 0 aliphatic carbocycles. The molecule has 0 spiro atoms. The molecular formula is C28H23N3O5S3. The van der Waals surface area contributed by atoms with Crippen LogP contribution in [0.4, 0.5) is 5.13 Å². The molecule has 1 aromatic heterocycles. The van der Waals surface area contributed by atoms with E-state index in [1.165, 1.54) is 35.2 Å². The van der Waals surface area contributed by atoms with Crippen molar-refractivity contribution in [3.8, 4) is 22.6 Å². The Hall–Kier alpha value is -3.93. The zero-order chi connectivity index (χ0) is 27.5. The number of carbonyl (C=O) groups is 2. The van der Waals surface area contributed by atoms with Crippen molar-refractivity contribution >= 4 is 72.9 Å². The third-order valence-corrected chi connectivity index (χ3v) is 8.23. The van der Waals surface area contributed by atoms with Gasteiger partial charge in [0.1, 0.15) is 15.8 Å². The quantitative estimate of drug-likeness (QED) is 0.142. The highest BCUT2D eigenvalue weighted by Gasteiger charge is 2.31. The van der Waals surface area contributed by atoms with E-state index in [4.69, 9.17) is 32.5 Å². The fourth-order valence-electron chi connectivity index (χ4n) is 4.10. The topological polar surface area (TPSA) is 115 Å². The van der Waals surface area contributed by atoms with Crippen molar-refractivity contribution in [2.75, 3.05) is 26.0 Å². The molecule has 4 aromatic rings. The Bertz CT molecular complexity index is 1610. The molecule has 198 valence electrons. The first-order valence-corrected chi connectivity index (χ1v) is 13.9. The highest BCUT2D eigenvalue weighted by molar-refractivity contribution is 8.26. The van der Waals surface area contributed by atoms with E-state index in [0.29, 0.717) is 45.4 Å². The molecule has 0 radical (unpaired) electrons. The minimum atomic E-state index is -0.988. The number of amides is 1. The lowest BCUT2D eigenvalue weighted by Gasteiger charge is -2.14. The molecule has 2 heterocycles. The van der Waals surface area contributed by atoms with Gasteiger partial charge in [0.05, 0.1) is 34.4 Å². The lowest BCUT2D eigenvalue weighted by molar-refractivity contribution is -0.122. The second kappa shape index (κ2) is 11.4. The molecule has 11 heteroatoms. The summed E-state index contributed by atoms with van der Waals surface area (Å²) in [6.07, 6.45) is 2.41. The zero-order valence-electron chi connectivity index (χ0n) is 20.7. The molecule has 1 amide bonds. The van der Waals surface area contributed by atoms with Crippen LogP contribution in [0.2, 0.25) is 0 Å². The van der Waals surface area contributed by atoms with E-state index >= 15 is 0 Å². The van der Waals surface area contributed by atoms with Gasteiger partial charge in [-0.2, -0.15) is 0 Å². The van der Waals surface area contributed by atoms with Gasteiger partial charge in [-0.3, -0.25) is 9.69 Å². The van der Waals surface area contributed by atoms with Crippen LogP contribution >= 0.6 is 35.3 Å². The van der Waals surface area contributed by atoms with Crippen LogP contribution in [-0.4, -0.2) is 51.4 Å². The number of carbonyl (C=O) groups excluding carboxylic acids is 1. The number of methoxy groups -OCH3 is 1. The van der Waals surface area contributed by atoms with Crippen LogP contribution in [0.1, 0.15) is 22.3 Å². The van der Waals surface area contributed by atoms with Crippen LogP contribution in [0.5, 0.6) is 11.5 Å². The number of thiocarbonyl (C=S) groups is 1. The van der Waals surface area contributed by atoms with Crippen molar-refractivity contribution in [1.82, 2.24) is 9.88 Å². The molecular weight excluding hydrogens is 555 g/mol. The largest absolute Gasteiger partial charge is 0.496 e. The number of aromatic nitrogens is 1. The molecule has 5 rings (SSSR count). The van der Waals surface area contributed by atoms with Crippen molar-refractivity contribution in [3.05, 3.63) is 76.7 Å². The van der Waals surface area contributed by atoms with E-state index in [1.54, 1.807) is 24.1 Å². The smallest absolute Gasteiger partial charge is 0.335 e. The van der Waals surface area contributed by atoms with Crippen molar-refractivity contribution in [2.24, 2.45) is 0 Å². The third kappa shape index (κ3) is 5.90. The highest BCUT2D eigenvalue weighted by atomic mass is 32.2. The number of nitrogens with two attached hydrogens (primary N) is 1. The monoisotopic (exact) mass is 577 g/mol. The molecule has 3 aromatic carbocycles. The van der Waals surface area contributed by atoms with Gasteiger partial charge in [-0.05, 0) is 72.2 Å². The first kappa shape index (κ1) is 26.7. The van der Waals surface area contributed by atoms with Gasteiger partial charge in [-0.1, -0.05) is 47.4 Å². The second-order valence-corrected chi connectivity index (χ2v) is 11.3. The van der Waals surface area contributed by atoms with Crippen LogP contribution in [0, 0.1) is 0 Å². The fourth-order valence-corrected chi connectivity index (χ4v) is 6.18. The summed E-state index contributed by atoms with van der Waals surface area (Å²) in [5, 5.41) is 9.51. The average Bonchev–Trinajstić information content (AvgIpc) is 3.43. The Kier molecular flexibility index (Phi) is 7.82. The Morgan fingerprint density at radius 2 is 1.95 bits per heavy atom. The number of fused-ring (bicyclic) bond motifs is 1. The van der Waals surface area contributed by atoms with E-state index in [9.17, 15) is 9.59 Å². The number of nitrogen functional groups attached to an aromatic ring is 1. The summed E-state index contributed by atoms with van der Waals surface area (Å²) in [5.41, 5.74) is 9.62. The van der Waals surface area contributed by atoms with Gasteiger partial charge in [0.25, 0.3) is 5.91 Å². The molecule has 3 N–H and O–H groups in total. The number of aromatic carboxylic acids is 1. The molecule has 1 saturated heterocycles. The lowest BCUT2D eigenvalue weighted by atomic mass is 10.0. The van der Waals surface area contributed by atoms with Crippen molar-refractivity contribution in [1.29, 1.82) is 0 Å². The Labute approximate surface area is 238 Å². The summed E-state index contributed by atoms with van der Waals surface area (Å²) in [7, 11) is 1.63. The number of ether oxygens (including phenoxy) is 2. The molecule has 0 saturated carbocycles. The minimum Gasteiger partial charge on any atom is -0.496 e. The van der Waals surface area contributed by atoms with E-state index in [2.05, 4.69) is 4.98 Å². The van der Waals surface area contributed by atoms with Crippen LogP contribution < -0.4 is 15.2 Å². The SMILES string of the molecule is COc1ccc(/C=C2\SC(=S)N(CCCOc3ccc(C(=O)O)cc3)C2=O)cc1-c1ccc2nc(N)sc2c1. The summed E-state index contributed by atoms with van der Waals surface area (Å²) < 4.78 is 12.8. The lowest BCUT2D eigenvalue weighted by Crippen LogP contribution is -2.29. The first-order valence-electron chi connectivity index (χ1n) is 11.9. The van der Waals surface area contributed by atoms with Gasteiger partial charge >= 0.3 is 5.97 Å². The predicted molar refractivity (Wildman–Crippen MR) is 159 cm³/mol. The van der Waals surface area contributed by atoms with Gasteiger partial charge in [-0.15, -0.1) is 0 Å². The maximum Gasteiger partial charge on any atom is 0.335 e. The molecule has 0 unspecified atom stereocenters. The average molecular weight is 578 g/mol. The van der Waals surface area contributed by atoms with Crippen molar-refractivity contribution in [2.45, 2.75) is 6.42 Å². The summed E-state index contributed by atoms with van der Waals surface area (Å²) in [4.78, 5) is 30.5. The Morgan fingerprint density at radius 3 is 2.69 bits per heavy atom. The molecule has 39 heavy (non-hydrogen) atoms. The Morgan fingerprint density at radius 1 is 1.15 bits per heavy atom. The van der Waals surface area contributed by atoms with Crippen LogP contribution in [0.25, 0.3) is 27.4 Å². The number of hydrogen-bond donors (Lipinski definition) is 2. The van der Waals surface area contributed by atoms with Crippen LogP contribution in [0.3, 0.4) is 0 Å². The number of carboxylic acids is 1. The number of thioether (sulfide) groups is 1. The molecule has 1 aliphatic heterocycles. The van der Waals surface area contributed by atoms with Crippen LogP contribution in [-0.2, 0) is 4.79 Å². The van der Waals surface area contributed by atoms with E-state index < -0.39 is 5.97 Å². The zero-order valence-corrected chi connectivity index (χ0v) is 23.2. The van der Waals surface area contributed by atoms with E-state index in [-0.39, 0.29) is 11.5 Å². The number of anilines is 1. The third-order valence-electron chi connectivity index (χ3n) is 6.01. The van der Waals surface area contributed by atoms with Crippen molar-refractivity contribution in [3.63, 3.8) is 0 Å². The maximum absolute atomic E-state index is 13.1. The van der Waals surface area contributed by atoms with Gasteiger partial charge in [0.15, 0.2) is 5.13 Å². The van der Waals surface area contributed by atoms with Crippen molar-refractivity contribution < 1.29 is 24.2 Å². The fraction of sp³-hybridized carbons (Fsp3) is 0.143. The van der Waals surface area contributed by atoms with Gasteiger partial charge in [0.2, 0.25) is 0 Å². The van der Waals surface area contributed by atoms with Gasteiger partial charge < -0.3 is 20.3 Å². The standard InChI is InChI=1S/C28H23N3O5S3/c1-35-22-10-3-16(13-20(22)18-6-9-21-23(15-18)38-27(29)30-21)14-24-25(32)31(28(37)39-24)11-2-12-36-19-7-4-17(5-8-19)26(33)34/h3-10,13-15H,2,11-12H2,1H3,(H2,29,30)(H,33,34)/b24-14-. The van der Waals surface area contributed by atoms with Crippen LogP contribution in [0.15, 0.2) is 65.6 Å². The molecule has 1 aliphatic rings. The summed E-state index contributed by atoms with van der Waals surface area (Å²) >= 11 is 8.18. The first-order chi connectivity index (χ1) is 18.8. The number of benzene rings is 3. The van der Waals surface area contributed by atoms with Gasteiger partial charge in [-0.25, -0.2) is 9.78 Å². The summed E-state index contributed by atoms with van der Waals surface area (Å²) in [6, 6.07) is 17.9. The number of carboxylic acid groups (broad SMARTS) is 1. The normalized spacial score (nSPS) is 14.4. The van der Waals surface area contributed by atoms with E-state index in [0.717, 1.165) is 26.9 Å². The molecule has 1 fully saturated rings. The summed E-state index contributed by atoms with van der Waals surface area (Å²) in [5.74, 6) is 0.153. The molecule has 0 atom stereocenters. The molecule has 0 bridgehead atoms. The second-order valence-electron chi connectivity index (χ2n) is 8.56. The number of rotatable bonds is 9.